The third-order valence-electron chi connectivity index (χ3n) is 4.78. The van der Waals surface area contributed by atoms with Gasteiger partial charge in [-0.05, 0) is 23.4 Å². The molecule has 0 spiro atoms. The number of hydrogen-bond donors (Lipinski definition) is 1. The molecule has 1 aliphatic heterocycles. The van der Waals surface area contributed by atoms with Gasteiger partial charge in [0.15, 0.2) is 0 Å². The van der Waals surface area contributed by atoms with E-state index in [1.807, 2.05) is 35.7 Å². The maximum absolute atomic E-state index is 12.3. The summed E-state index contributed by atoms with van der Waals surface area (Å²) in [6, 6.07) is 14.2. The first kappa shape index (κ1) is 18.6. The van der Waals surface area contributed by atoms with E-state index in [-0.39, 0.29) is 24.9 Å². The van der Waals surface area contributed by atoms with Gasteiger partial charge >= 0.3 is 5.76 Å². The summed E-state index contributed by atoms with van der Waals surface area (Å²) in [4.78, 5) is 27.3. The summed E-state index contributed by atoms with van der Waals surface area (Å²) in [7, 11) is 0. The number of carbonyl (C=O) groups excluding carboxylic acids is 1. The molecule has 0 aliphatic carbocycles. The minimum Gasteiger partial charge on any atom is -0.387 e. The SMILES string of the molecule is O=C(CCn1nc(-c2cccs2)oc1=O)N[C@@H]1CCN(Cc2ccccc2)C1. The molecule has 1 aliphatic rings. The first-order valence-electron chi connectivity index (χ1n) is 9.35. The fraction of sp³-hybridized carbons (Fsp3) is 0.350. The van der Waals surface area contributed by atoms with Crippen LogP contribution in [0.5, 0.6) is 0 Å². The van der Waals surface area contributed by atoms with E-state index in [4.69, 9.17) is 4.42 Å². The van der Waals surface area contributed by atoms with Crippen LogP contribution in [0.2, 0.25) is 0 Å². The van der Waals surface area contributed by atoms with Crippen LogP contribution in [0.15, 0.2) is 57.1 Å². The maximum atomic E-state index is 12.3. The number of aryl methyl sites for hydroxylation is 1. The summed E-state index contributed by atoms with van der Waals surface area (Å²) in [5, 5.41) is 9.13. The van der Waals surface area contributed by atoms with Crippen LogP contribution in [0.25, 0.3) is 10.8 Å². The molecular weight excluding hydrogens is 376 g/mol. The van der Waals surface area contributed by atoms with Crippen molar-refractivity contribution in [3.63, 3.8) is 0 Å². The lowest BCUT2D eigenvalue weighted by Gasteiger charge is -2.16. The van der Waals surface area contributed by atoms with Crippen LogP contribution >= 0.6 is 11.3 Å². The van der Waals surface area contributed by atoms with E-state index < -0.39 is 5.76 Å². The topological polar surface area (TPSA) is 80.4 Å². The zero-order chi connectivity index (χ0) is 19.3. The molecule has 4 rings (SSSR count). The van der Waals surface area contributed by atoms with Gasteiger partial charge in [-0.15, -0.1) is 16.4 Å². The quantitative estimate of drug-likeness (QED) is 0.661. The second-order valence-corrected chi connectivity index (χ2v) is 7.85. The predicted molar refractivity (Wildman–Crippen MR) is 107 cm³/mol. The molecule has 0 unspecified atom stereocenters. The Hall–Kier alpha value is -2.71. The number of thiophene rings is 1. The van der Waals surface area contributed by atoms with Crippen molar-refractivity contribution in [1.82, 2.24) is 20.0 Å². The van der Waals surface area contributed by atoms with E-state index in [0.29, 0.717) is 5.89 Å². The van der Waals surface area contributed by atoms with Crippen molar-refractivity contribution >= 4 is 17.2 Å². The molecule has 2 aromatic heterocycles. The Kier molecular flexibility index (Phi) is 5.68. The number of aromatic nitrogens is 2. The molecule has 0 radical (unpaired) electrons. The average molecular weight is 398 g/mol. The molecule has 1 atom stereocenters. The van der Waals surface area contributed by atoms with Gasteiger partial charge in [0.25, 0.3) is 5.89 Å². The van der Waals surface area contributed by atoms with E-state index in [2.05, 4.69) is 27.4 Å². The molecule has 1 fully saturated rings. The first-order chi connectivity index (χ1) is 13.7. The average Bonchev–Trinajstić information content (AvgIpc) is 3.43. The summed E-state index contributed by atoms with van der Waals surface area (Å²) in [5.74, 6) is -0.307. The smallest absolute Gasteiger partial charge is 0.387 e. The largest absolute Gasteiger partial charge is 0.437 e. The molecule has 3 aromatic rings. The molecule has 0 bridgehead atoms. The van der Waals surface area contributed by atoms with Gasteiger partial charge in [-0.1, -0.05) is 36.4 Å². The predicted octanol–water partition coefficient (Wildman–Crippen LogP) is 2.35. The van der Waals surface area contributed by atoms with Crippen LogP contribution in [0.4, 0.5) is 0 Å². The Labute approximate surface area is 166 Å². The van der Waals surface area contributed by atoms with Crippen LogP contribution in [-0.2, 0) is 17.9 Å². The van der Waals surface area contributed by atoms with Crippen molar-refractivity contribution < 1.29 is 9.21 Å². The Morgan fingerprint density at radius 1 is 1.25 bits per heavy atom. The number of rotatable bonds is 7. The lowest BCUT2D eigenvalue weighted by molar-refractivity contribution is -0.122. The van der Waals surface area contributed by atoms with Gasteiger partial charge in [0.05, 0.1) is 11.4 Å². The molecule has 8 heteroatoms. The van der Waals surface area contributed by atoms with Crippen molar-refractivity contribution in [3.8, 4) is 10.8 Å². The van der Waals surface area contributed by atoms with Crippen molar-refractivity contribution in [2.45, 2.75) is 32.0 Å². The fourth-order valence-corrected chi connectivity index (χ4v) is 4.03. The van der Waals surface area contributed by atoms with Crippen LogP contribution in [0.1, 0.15) is 18.4 Å². The van der Waals surface area contributed by atoms with E-state index in [9.17, 15) is 9.59 Å². The number of benzene rings is 1. The normalized spacial score (nSPS) is 17.1. The fourth-order valence-electron chi connectivity index (χ4n) is 3.39. The molecule has 3 heterocycles. The Morgan fingerprint density at radius 3 is 2.89 bits per heavy atom. The van der Waals surface area contributed by atoms with E-state index >= 15 is 0 Å². The zero-order valence-electron chi connectivity index (χ0n) is 15.4. The summed E-state index contributed by atoms with van der Waals surface area (Å²) in [5.41, 5.74) is 1.28. The molecule has 0 saturated carbocycles. The highest BCUT2D eigenvalue weighted by atomic mass is 32.1. The van der Waals surface area contributed by atoms with Gasteiger partial charge in [-0.3, -0.25) is 9.69 Å². The standard InChI is InChI=1S/C20H22N4O3S/c25-18(9-11-24-20(26)27-19(22-24)17-7-4-12-28-17)21-16-8-10-23(14-16)13-15-5-2-1-3-6-15/h1-7,12,16H,8-11,13-14H2,(H,21,25)/t16-/m1/s1. The number of nitrogens with one attached hydrogen (secondary N) is 1. The molecule has 1 aromatic carbocycles. The van der Waals surface area contributed by atoms with Crippen LogP contribution in [0.3, 0.4) is 0 Å². The molecular formula is C20H22N4O3S. The number of likely N-dealkylation sites (tertiary alicyclic amines) is 1. The van der Waals surface area contributed by atoms with Gasteiger partial charge in [0.1, 0.15) is 0 Å². The van der Waals surface area contributed by atoms with Crippen molar-refractivity contribution in [2.24, 2.45) is 0 Å². The first-order valence-corrected chi connectivity index (χ1v) is 10.2. The monoisotopic (exact) mass is 398 g/mol. The molecule has 146 valence electrons. The maximum Gasteiger partial charge on any atom is 0.437 e. The Morgan fingerprint density at radius 2 is 2.11 bits per heavy atom. The highest BCUT2D eigenvalue weighted by Crippen LogP contribution is 2.21. The molecule has 1 amide bonds. The van der Waals surface area contributed by atoms with Gasteiger partial charge < -0.3 is 9.73 Å². The minimum atomic E-state index is -0.536. The lowest BCUT2D eigenvalue weighted by Crippen LogP contribution is -2.37. The third kappa shape index (κ3) is 4.58. The number of hydrogen-bond acceptors (Lipinski definition) is 6. The summed E-state index contributed by atoms with van der Waals surface area (Å²) < 4.78 is 6.38. The van der Waals surface area contributed by atoms with E-state index in [0.717, 1.165) is 30.9 Å². The van der Waals surface area contributed by atoms with Crippen LogP contribution in [-0.4, -0.2) is 39.7 Å². The highest BCUT2D eigenvalue weighted by molar-refractivity contribution is 7.13. The van der Waals surface area contributed by atoms with Gasteiger partial charge in [0, 0.05) is 32.1 Å². The zero-order valence-corrected chi connectivity index (χ0v) is 16.2. The minimum absolute atomic E-state index is 0.0702. The third-order valence-corrected chi connectivity index (χ3v) is 5.63. The van der Waals surface area contributed by atoms with Gasteiger partial charge in [0.2, 0.25) is 5.91 Å². The van der Waals surface area contributed by atoms with Crippen molar-refractivity contribution in [2.75, 3.05) is 13.1 Å². The molecule has 1 N–H and O–H groups in total. The number of carbonyl (C=O) groups is 1. The highest BCUT2D eigenvalue weighted by Gasteiger charge is 2.24. The lowest BCUT2D eigenvalue weighted by atomic mass is 10.2. The molecule has 28 heavy (non-hydrogen) atoms. The van der Waals surface area contributed by atoms with Crippen LogP contribution < -0.4 is 11.1 Å². The second kappa shape index (κ2) is 8.53. The van der Waals surface area contributed by atoms with Gasteiger partial charge in [-0.25, -0.2) is 4.79 Å². The number of amides is 1. The van der Waals surface area contributed by atoms with Crippen LogP contribution in [0, 0.1) is 0 Å². The molecule has 1 saturated heterocycles. The van der Waals surface area contributed by atoms with Crippen molar-refractivity contribution in [3.05, 3.63) is 64.0 Å². The summed E-state index contributed by atoms with van der Waals surface area (Å²) in [6.45, 7) is 2.91. The van der Waals surface area contributed by atoms with Gasteiger partial charge in [-0.2, -0.15) is 4.68 Å². The van der Waals surface area contributed by atoms with Crippen molar-refractivity contribution in [1.29, 1.82) is 0 Å². The Bertz CT molecular complexity index is 965. The van der Waals surface area contributed by atoms with E-state index in [1.54, 1.807) is 0 Å². The van der Waals surface area contributed by atoms with E-state index in [1.165, 1.54) is 21.6 Å². The number of nitrogens with zero attached hydrogens (tertiary/aromatic N) is 3. The summed E-state index contributed by atoms with van der Waals surface area (Å²) in [6.07, 6.45) is 1.14. The molecule has 7 nitrogen and oxygen atoms in total. The second-order valence-electron chi connectivity index (χ2n) is 6.90. The Balaban J connectivity index is 1.25. The summed E-state index contributed by atoms with van der Waals surface area (Å²) >= 11 is 1.45.